The average Bonchev–Trinajstić information content (AvgIpc) is 2.28. The molecule has 1 aromatic carbocycles. The number of hydrogen-bond acceptors (Lipinski definition) is 3. The first kappa shape index (κ1) is 12.8. The van der Waals surface area contributed by atoms with E-state index in [1.165, 1.54) is 6.07 Å². The molecule has 0 unspecified atom stereocenters. The third-order valence-electron chi connectivity index (χ3n) is 3.22. The topological polar surface area (TPSA) is 58.6 Å². The molecule has 0 spiro atoms. The van der Waals surface area contributed by atoms with E-state index in [2.05, 4.69) is 5.32 Å². The lowest BCUT2D eigenvalue weighted by molar-refractivity contribution is 0.0422. The number of phenols is 1. The Labute approximate surface area is 105 Å². The molecule has 0 saturated carbocycles. The van der Waals surface area contributed by atoms with Gasteiger partial charge in [-0.25, -0.2) is 4.39 Å². The van der Waals surface area contributed by atoms with Gasteiger partial charge in [-0.2, -0.15) is 0 Å². The van der Waals surface area contributed by atoms with Crippen molar-refractivity contribution < 1.29 is 19.0 Å². The zero-order chi connectivity index (χ0) is 13.2. The molecule has 0 bridgehead atoms. The van der Waals surface area contributed by atoms with E-state index in [1.807, 2.05) is 6.92 Å². The first-order chi connectivity index (χ1) is 8.50. The highest BCUT2D eigenvalue weighted by Crippen LogP contribution is 2.23. The summed E-state index contributed by atoms with van der Waals surface area (Å²) in [5, 5.41) is 12.4. The van der Waals surface area contributed by atoms with Gasteiger partial charge >= 0.3 is 0 Å². The van der Waals surface area contributed by atoms with Gasteiger partial charge in [-0.15, -0.1) is 0 Å². The number of nitrogens with one attached hydrogen (secondary N) is 1. The number of amides is 1. The van der Waals surface area contributed by atoms with Gasteiger partial charge in [0, 0.05) is 24.8 Å². The molecule has 1 fully saturated rings. The van der Waals surface area contributed by atoms with Crippen molar-refractivity contribution >= 4 is 5.91 Å². The van der Waals surface area contributed by atoms with Gasteiger partial charge in [0.25, 0.3) is 5.91 Å². The molecule has 98 valence electrons. The van der Waals surface area contributed by atoms with E-state index >= 15 is 0 Å². The maximum absolute atomic E-state index is 12.8. The predicted octanol–water partition coefficient (Wildman–Crippen LogP) is 1.83. The van der Waals surface area contributed by atoms with Crippen molar-refractivity contribution in [1.29, 1.82) is 0 Å². The molecule has 0 aliphatic carbocycles. The van der Waals surface area contributed by atoms with Crippen molar-refractivity contribution in [1.82, 2.24) is 5.32 Å². The minimum absolute atomic E-state index is 0.0871. The molecule has 0 radical (unpaired) electrons. The lowest BCUT2D eigenvalue weighted by atomic mass is 9.92. The molecule has 4 nitrogen and oxygen atoms in total. The number of benzene rings is 1. The molecule has 18 heavy (non-hydrogen) atoms. The summed E-state index contributed by atoms with van der Waals surface area (Å²) >= 11 is 0. The summed E-state index contributed by atoms with van der Waals surface area (Å²) in [5.41, 5.74) is -0.250. The third kappa shape index (κ3) is 2.79. The molecular formula is C13H16FNO3. The minimum atomic E-state index is -0.568. The third-order valence-corrected chi connectivity index (χ3v) is 3.22. The summed E-state index contributed by atoms with van der Waals surface area (Å²) in [7, 11) is 0. The molecule has 1 saturated heterocycles. The van der Waals surface area contributed by atoms with Crippen LogP contribution in [0.4, 0.5) is 4.39 Å². The molecule has 0 aromatic heterocycles. The van der Waals surface area contributed by atoms with Crippen LogP contribution in [0.3, 0.4) is 0 Å². The molecule has 1 aliphatic rings. The van der Waals surface area contributed by atoms with Gasteiger partial charge in [-0.1, -0.05) is 0 Å². The molecule has 1 heterocycles. The maximum Gasteiger partial charge on any atom is 0.255 e. The van der Waals surface area contributed by atoms with Crippen molar-refractivity contribution in [2.75, 3.05) is 13.2 Å². The summed E-state index contributed by atoms with van der Waals surface area (Å²) in [4.78, 5) is 12.0. The van der Waals surface area contributed by atoms with Crippen LogP contribution >= 0.6 is 0 Å². The van der Waals surface area contributed by atoms with Crippen molar-refractivity contribution in [2.45, 2.75) is 25.3 Å². The first-order valence-electron chi connectivity index (χ1n) is 5.89. The Kier molecular flexibility index (Phi) is 3.52. The molecule has 1 aromatic rings. The van der Waals surface area contributed by atoms with Crippen LogP contribution in [-0.2, 0) is 4.74 Å². The summed E-state index contributed by atoms with van der Waals surface area (Å²) in [6.45, 7) is 3.15. The van der Waals surface area contributed by atoms with E-state index in [4.69, 9.17) is 4.74 Å². The number of carbonyl (C=O) groups is 1. The van der Waals surface area contributed by atoms with Crippen LogP contribution < -0.4 is 5.32 Å². The van der Waals surface area contributed by atoms with Gasteiger partial charge in [-0.3, -0.25) is 4.79 Å². The second-order valence-electron chi connectivity index (χ2n) is 4.79. The zero-order valence-corrected chi connectivity index (χ0v) is 10.2. The number of aromatic hydroxyl groups is 1. The van der Waals surface area contributed by atoms with E-state index in [9.17, 15) is 14.3 Å². The summed E-state index contributed by atoms with van der Waals surface area (Å²) < 4.78 is 18.1. The van der Waals surface area contributed by atoms with E-state index in [0.29, 0.717) is 13.2 Å². The number of ether oxygens (including phenoxy) is 1. The molecular weight excluding hydrogens is 237 g/mol. The SMILES string of the molecule is CC1(NC(=O)c2ccc(F)cc2O)CCOCC1. The van der Waals surface area contributed by atoms with Crippen molar-refractivity contribution in [3.63, 3.8) is 0 Å². The van der Waals surface area contributed by atoms with Crippen molar-refractivity contribution in [3.05, 3.63) is 29.6 Å². The van der Waals surface area contributed by atoms with Crippen LogP contribution in [0.5, 0.6) is 5.75 Å². The molecule has 0 atom stereocenters. The zero-order valence-electron chi connectivity index (χ0n) is 10.2. The quantitative estimate of drug-likeness (QED) is 0.845. The fourth-order valence-corrected chi connectivity index (χ4v) is 1.99. The van der Waals surface area contributed by atoms with Crippen LogP contribution in [0.15, 0.2) is 18.2 Å². The van der Waals surface area contributed by atoms with Gasteiger partial charge in [0.15, 0.2) is 0 Å². The van der Waals surface area contributed by atoms with E-state index in [-0.39, 0.29) is 16.9 Å². The van der Waals surface area contributed by atoms with Gasteiger partial charge in [0.05, 0.1) is 5.56 Å². The summed E-state index contributed by atoms with van der Waals surface area (Å²) in [5.74, 6) is -1.30. The largest absolute Gasteiger partial charge is 0.507 e. The summed E-state index contributed by atoms with van der Waals surface area (Å²) in [6, 6.07) is 3.37. The number of rotatable bonds is 2. The lowest BCUT2D eigenvalue weighted by Gasteiger charge is -2.34. The number of halogens is 1. The van der Waals surface area contributed by atoms with E-state index in [1.54, 1.807) is 0 Å². The Morgan fingerprint density at radius 1 is 1.44 bits per heavy atom. The van der Waals surface area contributed by atoms with E-state index < -0.39 is 11.7 Å². The van der Waals surface area contributed by atoms with Crippen molar-refractivity contribution in [2.24, 2.45) is 0 Å². The smallest absolute Gasteiger partial charge is 0.255 e. The molecule has 2 rings (SSSR count). The van der Waals surface area contributed by atoms with Crippen LogP contribution in [0.25, 0.3) is 0 Å². The Morgan fingerprint density at radius 3 is 2.72 bits per heavy atom. The molecule has 2 N–H and O–H groups in total. The van der Waals surface area contributed by atoms with Crippen LogP contribution in [0, 0.1) is 5.82 Å². The van der Waals surface area contributed by atoms with Gasteiger partial charge in [0.1, 0.15) is 11.6 Å². The van der Waals surface area contributed by atoms with Gasteiger partial charge in [-0.05, 0) is 31.9 Å². The van der Waals surface area contributed by atoms with Crippen LogP contribution in [0.2, 0.25) is 0 Å². The fraction of sp³-hybridized carbons (Fsp3) is 0.462. The number of hydrogen-bond donors (Lipinski definition) is 2. The number of carbonyl (C=O) groups excluding carboxylic acids is 1. The highest BCUT2D eigenvalue weighted by atomic mass is 19.1. The van der Waals surface area contributed by atoms with Crippen LogP contribution in [0.1, 0.15) is 30.1 Å². The Hall–Kier alpha value is -1.62. The minimum Gasteiger partial charge on any atom is -0.507 e. The highest BCUT2D eigenvalue weighted by molar-refractivity contribution is 5.97. The lowest BCUT2D eigenvalue weighted by Crippen LogP contribution is -2.49. The maximum atomic E-state index is 12.8. The first-order valence-corrected chi connectivity index (χ1v) is 5.89. The molecule has 1 aliphatic heterocycles. The monoisotopic (exact) mass is 253 g/mol. The van der Waals surface area contributed by atoms with E-state index in [0.717, 1.165) is 25.0 Å². The highest BCUT2D eigenvalue weighted by Gasteiger charge is 2.29. The average molecular weight is 253 g/mol. The molecule has 5 heteroatoms. The van der Waals surface area contributed by atoms with Gasteiger partial charge in [0.2, 0.25) is 0 Å². The number of phenolic OH excluding ortho intramolecular Hbond substituents is 1. The normalized spacial score (nSPS) is 18.3. The Morgan fingerprint density at radius 2 is 2.11 bits per heavy atom. The second kappa shape index (κ2) is 4.94. The second-order valence-corrected chi connectivity index (χ2v) is 4.79. The van der Waals surface area contributed by atoms with Crippen LogP contribution in [-0.4, -0.2) is 29.8 Å². The summed E-state index contributed by atoms with van der Waals surface area (Å²) in [6.07, 6.45) is 1.45. The predicted molar refractivity (Wildman–Crippen MR) is 64.0 cm³/mol. The Balaban J connectivity index is 2.11. The molecule has 1 amide bonds. The Bertz CT molecular complexity index is 456. The fourth-order valence-electron chi connectivity index (χ4n) is 1.99. The standard InChI is InChI=1S/C13H16FNO3/c1-13(4-6-18-7-5-13)15-12(17)10-3-2-9(14)8-11(10)16/h2-3,8,16H,4-7H2,1H3,(H,15,17). The van der Waals surface area contributed by atoms with Gasteiger partial charge < -0.3 is 15.2 Å². The van der Waals surface area contributed by atoms with Crippen molar-refractivity contribution in [3.8, 4) is 5.75 Å².